The van der Waals surface area contributed by atoms with Crippen LogP contribution in [0.4, 0.5) is 5.69 Å². The normalized spacial score (nSPS) is 13.5. The number of hydroxylamine groups is 1. The van der Waals surface area contributed by atoms with E-state index in [2.05, 4.69) is 5.48 Å². The molecule has 0 saturated carbocycles. The standard InChI is InChI=1S/C6H9NO.C6H7N.2H2/c8-7-6-4-2-1-3-5-6;7-6-4-2-1-3-5-6;;/h2,4-5,7-8H,1,3H2;1-5H,7H2;2*1H. The minimum Gasteiger partial charge on any atom is -0.399 e. The van der Waals surface area contributed by atoms with Crippen LogP contribution < -0.4 is 11.2 Å². The van der Waals surface area contributed by atoms with Crippen LogP contribution in [0.15, 0.2) is 54.3 Å². The third-order valence-electron chi connectivity index (χ3n) is 1.92. The molecule has 0 heterocycles. The van der Waals surface area contributed by atoms with Crippen LogP contribution in [-0.4, -0.2) is 5.21 Å². The highest BCUT2D eigenvalue weighted by Crippen LogP contribution is 2.04. The van der Waals surface area contributed by atoms with Gasteiger partial charge in [0.2, 0.25) is 0 Å². The summed E-state index contributed by atoms with van der Waals surface area (Å²) in [6.07, 6.45) is 7.96. The van der Waals surface area contributed by atoms with Crippen LogP contribution in [-0.2, 0) is 0 Å². The van der Waals surface area contributed by atoms with Crippen LogP contribution in [0.5, 0.6) is 0 Å². The summed E-state index contributed by atoms with van der Waals surface area (Å²) in [5.41, 5.74) is 9.06. The summed E-state index contributed by atoms with van der Waals surface area (Å²) < 4.78 is 0. The molecule has 0 spiro atoms. The smallest absolute Gasteiger partial charge is 0.0559 e. The third-order valence-corrected chi connectivity index (χ3v) is 1.92. The Morgan fingerprint density at radius 3 is 2.27 bits per heavy atom. The highest BCUT2D eigenvalue weighted by atomic mass is 16.5. The molecule has 0 atom stereocenters. The third kappa shape index (κ3) is 4.88. The molecule has 1 aliphatic carbocycles. The van der Waals surface area contributed by atoms with Crippen molar-refractivity contribution in [3.8, 4) is 0 Å². The molecule has 0 aromatic heterocycles. The van der Waals surface area contributed by atoms with Crippen LogP contribution in [0, 0.1) is 0 Å². The summed E-state index contributed by atoms with van der Waals surface area (Å²) in [5.74, 6) is 0. The van der Waals surface area contributed by atoms with Gasteiger partial charge in [-0.25, -0.2) is 0 Å². The summed E-state index contributed by atoms with van der Waals surface area (Å²) in [5, 5.41) is 8.32. The van der Waals surface area contributed by atoms with Crippen molar-refractivity contribution in [2.24, 2.45) is 0 Å². The quantitative estimate of drug-likeness (QED) is 0.491. The van der Waals surface area contributed by atoms with Crippen LogP contribution in [0.1, 0.15) is 15.7 Å². The van der Waals surface area contributed by atoms with Gasteiger partial charge in [0.25, 0.3) is 0 Å². The summed E-state index contributed by atoms with van der Waals surface area (Å²) >= 11 is 0. The van der Waals surface area contributed by atoms with Crippen molar-refractivity contribution in [3.05, 3.63) is 54.3 Å². The molecule has 1 aliphatic rings. The molecule has 15 heavy (non-hydrogen) atoms. The molecule has 3 nitrogen and oxygen atoms in total. The summed E-state index contributed by atoms with van der Waals surface area (Å²) in [6.45, 7) is 0. The molecular formula is C12H20N2O. The first kappa shape index (κ1) is 11.3. The largest absolute Gasteiger partial charge is 0.399 e. The Balaban J connectivity index is 0. The second-order valence-corrected chi connectivity index (χ2v) is 3.16. The second kappa shape index (κ2) is 6.68. The average Bonchev–Trinajstić information content (AvgIpc) is 2.32. The van der Waals surface area contributed by atoms with E-state index in [0.29, 0.717) is 0 Å². The Kier molecular flexibility index (Phi) is 5.04. The number of hydrogen-bond donors (Lipinski definition) is 3. The minimum atomic E-state index is 0. The zero-order valence-corrected chi connectivity index (χ0v) is 8.56. The molecule has 0 amide bonds. The monoisotopic (exact) mass is 208 g/mol. The van der Waals surface area contributed by atoms with Gasteiger partial charge in [-0.15, -0.1) is 0 Å². The zero-order valence-electron chi connectivity index (χ0n) is 8.56. The molecule has 0 unspecified atom stereocenters. The molecular weight excluding hydrogens is 188 g/mol. The first-order valence-electron chi connectivity index (χ1n) is 4.90. The molecule has 0 aliphatic heterocycles. The lowest BCUT2D eigenvalue weighted by Crippen LogP contribution is -2.05. The van der Waals surface area contributed by atoms with E-state index in [9.17, 15) is 0 Å². The molecule has 2 rings (SSSR count). The fraction of sp³-hybridized carbons (Fsp3) is 0.167. The molecule has 0 radical (unpaired) electrons. The van der Waals surface area contributed by atoms with Crippen LogP contribution in [0.2, 0.25) is 0 Å². The van der Waals surface area contributed by atoms with E-state index in [1.54, 1.807) is 0 Å². The van der Waals surface area contributed by atoms with Gasteiger partial charge in [-0.05, 0) is 31.1 Å². The summed E-state index contributed by atoms with van der Waals surface area (Å²) in [7, 11) is 0. The number of allylic oxidation sites excluding steroid dienone is 3. The van der Waals surface area contributed by atoms with Gasteiger partial charge in [0.05, 0.1) is 5.70 Å². The molecule has 1 aromatic rings. The Morgan fingerprint density at radius 2 is 1.93 bits per heavy atom. The van der Waals surface area contributed by atoms with E-state index in [-0.39, 0.29) is 2.85 Å². The Hall–Kier alpha value is -1.74. The maximum absolute atomic E-state index is 8.32. The van der Waals surface area contributed by atoms with Crippen molar-refractivity contribution in [2.75, 3.05) is 5.73 Å². The zero-order chi connectivity index (χ0) is 10.9. The van der Waals surface area contributed by atoms with Crippen LogP contribution >= 0.6 is 0 Å². The van der Waals surface area contributed by atoms with Gasteiger partial charge in [-0.1, -0.05) is 30.4 Å². The minimum absolute atomic E-state index is 0. The highest BCUT2D eigenvalue weighted by Gasteiger charge is 1.91. The van der Waals surface area contributed by atoms with E-state index >= 15 is 0 Å². The van der Waals surface area contributed by atoms with Crippen molar-refractivity contribution in [1.82, 2.24) is 5.48 Å². The number of nitrogen functional groups attached to an aromatic ring is 1. The first-order chi connectivity index (χ1) is 7.33. The van der Waals surface area contributed by atoms with E-state index in [1.807, 2.05) is 48.6 Å². The van der Waals surface area contributed by atoms with Crippen LogP contribution in [0.3, 0.4) is 0 Å². The lowest BCUT2D eigenvalue weighted by atomic mass is 10.2. The molecule has 1 aromatic carbocycles. The van der Waals surface area contributed by atoms with Gasteiger partial charge in [0.1, 0.15) is 0 Å². The molecule has 84 valence electrons. The Labute approximate surface area is 92.8 Å². The summed E-state index contributed by atoms with van der Waals surface area (Å²) in [6, 6.07) is 9.49. The molecule has 0 bridgehead atoms. The predicted octanol–water partition coefficient (Wildman–Crippen LogP) is 2.96. The number of para-hydroxylation sites is 1. The Bertz CT molecular complexity index is 340. The van der Waals surface area contributed by atoms with Gasteiger partial charge in [-0.2, -0.15) is 0 Å². The van der Waals surface area contributed by atoms with Crippen LogP contribution in [0.25, 0.3) is 0 Å². The average molecular weight is 208 g/mol. The number of rotatable bonds is 1. The molecule has 4 N–H and O–H groups in total. The van der Waals surface area contributed by atoms with Crippen molar-refractivity contribution >= 4 is 5.69 Å². The number of nitrogens with one attached hydrogen (secondary N) is 1. The number of anilines is 1. The predicted molar refractivity (Wildman–Crippen MR) is 66.5 cm³/mol. The van der Waals surface area contributed by atoms with E-state index < -0.39 is 0 Å². The number of hydrogen-bond acceptors (Lipinski definition) is 3. The van der Waals surface area contributed by atoms with Crippen molar-refractivity contribution < 1.29 is 8.06 Å². The summed E-state index contributed by atoms with van der Waals surface area (Å²) in [4.78, 5) is 0. The highest BCUT2D eigenvalue weighted by molar-refractivity contribution is 5.35. The molecule has 0 fully saturated rings. The van der Waals surface area contributed by atoms with Gasteiger partial charge in [0.15, 0.2) is 0 Å². The van der Waals surface area contributed by atoms with E-state index in [4.69, 9.17) is 10.9 Å². The van der Waals surface area contributed by atoms with Gasteiger partial charge >= 0.3 is 0 Å². The maximum Gasteiger partial charge on any atom is 0.0559 e. The Morgan fingerprint density at radius 1 is 1.20 bits per heavy atom. The lowest BCUT2D eigenvalue weighted by Gasteiger charge is -2.02. The SMILES string of the molecule is Nc1ccccc1.ONC1=CCCC=C1.[HH].[HH]. The maximum atomic E-state index is 8.32. The van der Waals surface area contributed by atoms with Gasteiger partial charge < -0.3 is 5.73 Å². The number of benzene rings is 1. The molecule has 0 saturated heterocycles. The van der Waals surface area contributed by atoms with Gasteiger partial charge in [0, 0.05) is 8.54 Å². The fourth-order valence-corrected chi connectivity index (χ4v) is 1.15. The van der Waals surface area contributed by atoms with Crippen molar-refractivity contribution in [1.29, 1.82) is 0 Å². The van der Waals surface area contributed by atoms with Crippen molar-refractivity contribution in [2.45, 2.75) is 12.8 Å². The molecule has 3 heteroatoms. The van der Waals surface area contributed by atoms with E-state index in [1.165, 1.54) is 0 Å². The topological polar surface area (TPSA) is 58.3 Å². The number of nitrogens with two attached hydrogens (primary N) is 1. The fourth-order valence-electron chi connectivity index (χ4n) is 1.15. The first-order valence-corrected chi connectivity index (χ1v) is 4.90. The second-order valence-electron chi connectivity index (χ2n) is 3.16. The van der Waals surface area contributed by atoms with Gasteiger partial charge in [-0.3, -0.25) is 10.7 Å². The lowest BCUT2D eigenvalue weighted by molar-refractivity contribution is 0.204. The van der Waals surface area contributed by atoms with E-state index in [0.717, 1.165) is 24.2 Å². The van der Waals surface area contributed by atoms with Crippen molar-refractivity contribution in [3.63, 3.8) is 0 Å².